The highest BCUT2D eigenvalue weighted by Gasteiger charge is 2.11. The van der Waals surface area contributed by atoms with Gasteiger partial charge in [-0.05, 0) is 74.7 Å². The lowest BCUT2D eigenvalue weighted by Crippen LogP contribution is -2.10. The largest absolute Gasteiger partial charge is 0.494 e. The summed E-state index contributed by atoms with van der Waals surface area (Å²) in [5.41, 5.74) is 5.38. The Kier molecular flexibility index (Phi) is 6.47. The van der Waals surface area contributed by atoms with Crippen molar-refractivity contribution >= 4 is 22.6 Å². The van der Waals surface area contributed by atoms with Crippen LogP contribution >= 0.6 is 11.6 Å². The van der Waals surface area contributed by atoms with E-state index < -0.39 is 0 Å². The van der Waals surface area contributed by atoms with E-state index in [0.717, 1.165) is 57.5 Å². The van der Waals surface area contributed by atoms with Gasteiger partial charge in [0.15, 0.2) is 0 Å². The molecule has 160 valence electrons. The summed E-state index contributed by atoms with van der Waals surface area (Å²) in [6.07, 6.45) is 0.860. The Balaban J connectivity index is 1.43. The second-order valence-electron chi connectivity index (χ2n) is 7.84. The highest BCUT2D eigenvalue weighted by molar-refractivity contribution is 6.32. The maximum absolute atomic E-state index is 6.26. The van der Waals surface area contributed by atoms with Crippen LogP contribution in [0, 0.1) is 20.8 Å². The van der Waals surface area contributed by atoms with Crippen LogP contribution in [0.3, 0.4) is 0 Å². The topological polar surface area (TPSA) is 36.3 Å². The number of ether oxygens (including phenoxy) is 2. The van der Waals surface area contributed by atoms with E-state index >= 15 is 0 Å². The summed E-state index contributed by atoms with van der Waals surface area (Å²) in [4.78, 5) is 4.80. The minimum atomic E-state index is 0.425. The van der Waals surface area contributed by atoms with E-state index in [4.69, 9.17) is 26.1 Å². The summed E-state index contributed by atoms with van der Waals surface area (Å²) in [6, 6.07) is 20.3. The smallest absolute Gasteiger partial charge is 0.147 e. The molecule has 1 aromatic heterocycles. The van der Waals surface area contributed by atoms with Crippen LogP contribution in [0.5, 0.6) is 11.5 Å². The van der Waals surface area contributed by atoms with Gasteiger partial charge in [0.1, 0.15) is 23.9 Å². The van der Waals surface area contributed by atoms with Gasteiger partial charge in [0.05, 0.1) is 17.6 Å². The van der Waals surface area contributed by atoms with Crippen LogP contribution in [0.1, 0.15) is 28.9 Å². The molecule has 0 saturated carbocycles. The van der Waals surface area contributed by atoms with Gasteiger partial charge < -0.3 is 14.0 Å². The van der Waals surface area contributed by atoms with Crippen LogP contribution in [0.15, 0.2) is 60.7 Å². The number of aryl methyl sites for hydroxylation is 4. The number of hydrogen-bond acceptors (Lipinski definition) is 3. The normalized spacial score (nSPS) is 11.1. The van der Waals surface area contributed by atoms with Crippen molar-refractivity contribution < 1.29 is 9.47 Å². The summed E-state index contributed by atoms with van der Waals surface area (Å²) < 4.78 is 14.2. The Labute approximate surface area is 188 Å². The number of nitrogens with zero attached hydrogens (tertiary/aromatic N) is 2. The monoisotopic (exact) mass is 434 g/mol. The fourth-order valence-corrected chi connectivity index (χ4v) is 3.78. The molecule has 0 bridgehead atoms. The van der Waals surface area contributed by atoms with Crippen molar-refractivity contribution in [2.45, 2.75) is 40.3 Å². The van der Waals surface area contributed by atoms with E-state index in [-0.39, 0.29) is 0 Å². The van der Waals surface area contributed by atoms with Gasteiger partial charge in [-0.2, -0.15) is 0 Å². The molecule has 4 nitrogen and oxygen atoms in total. The van der Waals surface area contributed by atoms with Gasteiger partial charge in [0, 0.05) is 11.6 Å². The molecule has 0 radical (unpaired) electrons. The molecule has 1 heterocycles. The van der Waals surface area contributed by atoms with E-state index in [1.807, 2.05) is 56.3 Å². The molecule has 0 N–H and O–H groups in total. The fourth-order valence-electron chi connectivity index (χ4n) is 3.67. The lowest BCUT2D eigenvalue weighted by atomic mass is 10.1. The first-order chi connectivity index (χ1) is 15.0. The van der Waals surface area contributed by atoms with Crippen LogP contribution in [-0.4, -0.2) is 16.2 Å². The Morgan fingerprint density at radius 2 is 1.58 bits per heavy atom. The molecule has 0 unspecified atom stereocenters. The number of para-hydroxylation sites is 2. The van der Waals surface area contributed by atoms with Gasteiger partial charge in [-0.1, -0.05) is 41.4 Å². The minimum Gasteiger partial charge on any atom is -0.494 e. The molecule has 0 atom stereocenters. The minimum absolute atomic E-state index is 0.425. The van der Waals surface area contributed by atoms with Crippen LogP contribution in [-0.2, 0) is 13.2 Å². The Morgan fingerprint density at radius 3 is 2.32 bits per heavy atom. The van der Waals surface area contributed by atoms with Gasteiger partial charge in [-0.25, -0.2) is 4.98 Å². The molecule has 0 amide bonds. The summed E-state index contributed by atoms with van der Waals surface area (Å²) in [6.45, 7) is 7.91. The van der Waals surface area contributed by atoms with Crippen molar-refractivity contribution in [2.24, 2.45) is 0 Å². The van der Waals surface area contributed by atoms with E-state index in [9.17, 15) is 0 Å². The van der Waals surface area contributed by atoms with Crippen LogP contribution in [0.4, 0.5) is 0 Å². The third kappa shape index (κ3) is 5.02. The quantitative estimate of drug-likeness (QED) is 0.291. The average molecular weight is 435 g/mol. The molecule has 0 spiro atoms. The van der Waals surface area contributed by atoms with Gasteiger partial charge in [0.2, 0.25) is 0 Å². The number of aromatic nitrogens is 2. The molecule has 0 aliphatic heterocycles. The summed E-state index contributed by atoms with van der Waals surface area (Å²) in [7, 11) is 0. The second kappa shape index (κ2) is 9.44. The van der Waals surface area contributed by atoms with E-state index in [1.54, 1.807) is 0 Å². The lowest BCUT2D eigenvalue weighted by molar-refractivity contribution is 0.280. The number of halogens is 1. The van der Waals surface area contributed by atoms with Crippen molar-refractivity contribution in [3.05, 3.63) is 88.2 Å². The number of imidazole rings is 1. The van der Waals surface area contributed by atoms with Gasteiger partial charge in [-0.3, -0.25) is 0 Å². The predicted octanol–water partition coefficient (Wildman–Crippen LogP) is 6.66. The summed E-state index contributed by atoms with van der Waals surface area (Å²) in [5, 5.41) is 0.801. The Hall–Kier alpha value is -2.98. The number of fused-ring (bicyclic) bond motifs is 1. The number of hydrogen-bond donors (Lipinski definition) is 0. The van der Waals surface area contributed by atoms with Crippen LogP contribution < -0.4 is 9.47 Å². The van der Waals surface area contributed by atoms with Gasteiger partial charge in [0.25, 0.3) is 0 Å². The zero-order valence-electron chi connectivity index (χ0n) is 18.2. The molecule has 0 saturated heterocycles. The molecule has 0 fully saturated rings. The number of rotatable bonds is 8. The molecular weight excluding hydrogens is 408 g/mol. The Bertz CT molecular complexity index is 1160. The van der Waals surface area contributed by atoms with Crippen LogP contribution in [0.25, 0.3) is 11.0 Å². The second-order valence-corrected chi connectivity index (χ2v) is 8.22. The fraction of sp³-hybridized carbons (Fsp3) is 0.269. The summed E-state index contributed by atoms with van der Waals surface area (Å²) in [5.74, 6) is 2.62. The molecule has 4 rings (SSSR count). The zero-order valence-corrected chi connectivity index (χ0v) is 18.9. The van der Waals surface area contributed by atoms with Crippen molar-refractivity contribution in [3.8, 4) is 11.5 Å². The maximum Gasteiger partial charge on any atom is 0.147 e. The van der Waals surface area contributed by atoms with E-state index in [2.05, 4.69) is 29.7 Å². The average Bonchev–Trinajstić information content (AvgIpc) is 3.12. The van der Waals surface area contributed by atoms with Gasteiger partial charge in [-0.15, -0.1) is 0 Å². The Morgan fingerprint density at radius 1 is 0.871 bits per heavy atom. The first kappa shape index (κ1) is 21.3. The molecule has 4 aromatic rings. The van der Waals surface area contributed by atoms with Crippen molar-refractivity contribution in [1.29, 1.82) is 0 Å². The highest BCUT2D eigenvalue weighted by atomic mass is 35.5. The molecular formula is C26H27ClN2O2. The molecule has 0 aliphatic carbocycles. The van der Waals surface area contributed by atoms with Crippen molar-refractivity contribution in [2.75, 3.05) is 6.61 Å². The molecule has 31 heavy (non-hydrogen) atoms. The first-order valence-electron chi connectivity index (χ1n) is 10.5. The highest BCUT2D eigenvalue weighted by Crippen LogP contribution is 2.26. The van der Waals surface area contributed by atoms with Crippen molar-refractivity contribution in [3.63, 3.8) is 0 Å². The standard InChI is InChI=1S/C26H27ClN2O2/c1-18-9-11-21(12-10-18)31-17-25-28-23-7-4-5-8-24(23)29(25)13-6-14-30-22-15-19(2)26(27)20(3)16-22/h4-5,7-12,15-16H,6,13-14,17H2,1-3H3. The predicted molar refractivity (Wildman–Crippen MR) is 126 cm³/mol. The number of benzene rings is 3. The third-order valence-electron chi connectivity index (χ3n) is 5.33. The molecule has 5 heteroatoms. The SMILES string of the molecule is Cc1ccc(OCc2nc3ccccc3n2CCCOc2cc(C)c(Cl)c(C)c2)cc1. The lowest BCUT2D eigenvalue weighted by Gasteiger charge is -2.12. The third-order valence-corrected chi connectivity index (χ3v) is 5.92. The van der Waals surface area contributed by atoms with Crippen molar-refractivity contribution in [1.82, 2.24) is 9.55 Å². The molecule has 3 aromatic carbocycles. The summed E-state index contributed by atoms with van der Waals surface area (Å²) >= 11 is 6.26. The van der Waals surface area contributed by atoms with E-state index in [0.29, 0.717) is 13.2 Å². The van der Waals surface area contributed by atoms with Crippen LogP contribution in [0.2, 0.25) is 5.02 Å². The van der Waals surface area contributed by atoms with E-state index in [1.165, 1.54) is 5.56 Å². The zero-order chi connectivity index (χ0) is 21.8. The maximum atomic E-state index is 6.26. The first-order valence-corrected chi connectivity index (χ1v) is 10.9. The van der Waals surface area contributed by atoms with Gasteiger partial charge >= 0.3 is 0 Å². The molecule has 0 aliphatic rings.